The number of aromatic amines is 1. The lowest BCUT2D eigenvalue weighted by Gasteiger charge is -2.28. The molecule has 5 heteroatoms. The predicted molar refractivity (Wildman–Crippen MR) is 117 cm³/mol. The molecule has 2 aromatic heterocycles. The molecular formula is C24H30N4O. The van der Waals surface area contributed by atoms with Crippen molar-refractivity contribution in [3.05, 3.63) is 69.6 Å². The lowest BCUT2D eigenvalue weighted by Crippen LogP contribution is -2.24. The van der Waals surface area contributed by atoms with Crippen LogP contribution in [-0.4, -0.2) is 22.2 Å². The van der Waals surface area contributed by atoms with Crippen molar-refractivity contribution < 1.29 is 4.52 Å². The molecule has 1 unspecified atom stereocenters. The highest BCUT2D eigenvalue weighted by Crippen LogP contribution is 2.35. The van der Waals surface area contributed by atoms with Crippen molar-refractivity contribution in [3.63, 3.8) is 0 Å². The first kappa shape index (κ1) is 19.5. The van der Waals surface area contributed by atoms with Gasteiger partial charge in [0.1, 0.15) is 11.6 Å². The first-order valence-corrected chi connectivity index (χ1v) is 10.4. The number of hydrogen-bond acceptors (Lipinski definition) is 4. The Labute approximate surface area is 172 Å². The molecule has 2 heterocycles. The Morgan fingerprint density at radius 1 is 1.21 bits per heavy atom. The zero-order valence-electron chi connectivity index (χ0n) is 18.2. The van der Waals surface area contributed by atoms with Crippen LogP contribution in [0.1, 0.15) is 70.7 Å². The fraction of sp³-hybridized carbons (Fsp3) is 0.417. The minimum Gasteiger partial charge on any atom is -0.364 e. The van der Waals surface area contributed by atoms with E-state index in [0.29, 0.717) is 0 Å². The predicted octanol–water partition coefficient (Wildman–Crippen LogP) is 5.57. The van der Waals surface area contributed by atoms with Gasteiger partial charge in [0, 0.05) is 36.3 Å². The summed E-state index contributed by atoms with van der Waals surface area (Å²) < 4.78 is 5.38. The molecule has 1 aliphatic rings. The van der Waals surface area contributed by atoms with Gasteiger partial charge in [-0.15, -0.1) is 0 Å². The highest BCUT2D eigenvalue weighted by atomic mass is 16.5. The molecule has 1 aliphatic carbocycles. The molecular weight excluding hydrogens is 360 g/mol. The summed E-state index contributed by atoms with van der Waals surface area (Å²) in [7, 11) is 2.16. The first-order valence-electron chi connectivity index (χ1n) is 10.4. The number of nitrogens with one attached hydrogen (secondary N) is 1. The van der Waals surface area contributed by atoms with Gasteiger partial charge in [-0.3, -0.25) is 0 Å². The molecule has 1 N–H and O–H groups in total. The Balaban J connectivity index is 1.61. The fourth-order valence-corrected chi connectivity index (χ4v) is 4.38. The molecule has 152 valence electrons. The zero-order valence-corrected chi connectivity index (χ0v) is 18.2. The van der Waals surface area contributed by atoms with E-state index in [1.165, 1.54) is 28.1 Å². The smallest absolute Gasteiger partial charge is 0.137 e. The number of benzene rings is 1. The lowest BCUT2D eigenvalue weighted by molar-refractivity contribution is 0.392. The summed E-state index contributed by atoms with van der Waals surface area (Å²) in [5.41, 5.74) is 8.27. The number of H-pyrrole nitrogens is 1. The van der Waals surface area contributed by atoms with Crippen LogP contribution in [-0.2, 0) is 6.42 Å². The van der Waals surface area contributed by atoms with Gasteiger partial charge in [0.2, 0.25) is 0 Å². The third-order valence-corrected chi connectivity index (χ3v) is 6.27. The van der Waals surface area contributed by atoms with E-state index in [1.54, 1.807) is 0 Å². The van der Waals surface area contributed by atoms with Gasteiger partial charge in [-0.2, -0.15) is 0 Å². The summed E-state index contributed by atoms with van der Waals surface area (Å²) in [5.74, 6) is 2.21. The Kier molecular flexibility index (Phi) is 5.07. The maximum atomic E-state index is 5.38. The van der Waals surface area contributed by atoms with Gasteiger partial charge in [0.05, 0.1) is 17.4 Å². The average Bonchev–Trinajstić information content (AvgIpc) is 3.26. The molecule has 0 radical (unpaired) electrons. The van der Waals surface area contributed by atoms with Crippen molar-refractivity contribution >= 4 is 11.8 Å². The topological polar surface area (TPSA) is 58.0 Å². The average molecular weight is 391 g/mol. The summed E-state index contributed by atoms with van der Waals surface area (Å²) in [6.07, 6.45) is 6.24. The molecule has 0 bridgehead atoms. The van der Waals surface area contributed by atoms with Crippen LogP contribution in [0.25, 0.3) is 6.08 Å². The molecule has 0 aliphatic heterocycles. The number of nitrogens with zero attached hydrogens (tertiary/aromatic N) is 3. The number of aromatic nitrogens is 3. The van der Waals surface area contributed by atoms with Crippen LogP contribution in [0, 0.1) is 27.7 Å². The maximum absolute atomic E-state index is 5.38. The number of allylic oxidation sites excluding steroid dienone is 1. The highest BCUT2D eigenvalue weighted by Gasteiger charge is 2.26. The van der Waals surface area contributed by atoms with Crippen LogP contribution in [0.2, 0.25) is 0 Å². The molecule has 1 aromatic carbocycles. The SMILES string of the molecule is CC[C@@H](c1nc2c([nH]1)CC(c1c(C)noc1C)C=C2)N(C)c1ccc(C)c(C)c1. The number of anilines is 1. The van der Waals surface area contributed by atoms with Crippen molar-refractivity contribution in [3.8, 4) is 0 Å². The normalized spacial score (nSPS) is 16.7. The standard InChI is InChI=1S/C24H30N4O/c1-7-22(28(6)19-10-8-14(2)15(3)12-19)24-25-20-11-9-18(13-21(20)26-24)23-16(4)27-29-17(23)5/h8-12,18,22H,7,13H2,1-6H3,(H,25,26)/t18?,22-/m0/s1. The van der Waals surface area contributed by atoms with Gasteiger partial charge in [0.25, 0.3) is 0 Å². The van der Waals surface area contributed by atoms with Crippen molar-refractivity contribution in [2.24, 2.45) is 0 Å². The van der Waals surface area contributed by atoms with Gasteiger partial charge in [0.15, 0.2) is 0 Å². The van der Waals surface area contributed by atoms with Gasteiger partial charge < -0.3 is 14.4 Å². The van der Waals surface area contributed by atoms with E-state index in [9.17, 15) is 0 Å². The second-order valence-corrected chi connectivity index (χ2v) is 8.20. The second kappa shape index (κ2) is 7.54. The van der Waals surface area contributed by atoms with E-state index >= 15 is 0 Å². The highest BCUT2D eigenvalue weighted by molar-refractivity contribution is 5.56. The van der Waals surface area contributed by atoms with E-state index in [0.717, 1.165) is 35.8 Å². The van der Waals surface area contributed by atoms with E-state index < -0.39 is 0 Å². The van der Waals surface area contributed by atoms with E-state index in [2.05, 4.69) is 73.2 Å². The van der Waals surface area contributed by atoms with Crippen LogP contribution in [0.15, 0.2) is 28.8 Å². The van der Waals surface area contributed by atoms with Gasteiger partial charge in [-0.25, -0.2) is 4.98 Å². The van der Waals surface area contributed by atoms with E-state index in [4.69, 9.17) is 9.51 Å². The molecule has 0 spiro atoms. The minimum absolute atomic E-state index is 0.202. The van der Waals surface area contributed by atoms with Crippen LogP contribution >= 0.6 is 0 Å². The third kappa shape index (κ3) is 3.50. The molecule has 3 aromatic rings. The van der Waals surface area contributed by atoms with Gasteiger partial charge in [-0.1, -0.05) is 24.2 Å². The maximum Gasteiger partial charge on any atom is 0.137 e. The quantitative estimate of drug-likeness (QED) is 0.618. The summed E-state index contributed by atoms with van der Waals surface area (Å²) in [4.78, 5) is 10.9. The van der Waals surface area contributed by atoms with Crippen molar-refractivity contribution in [1.82, 2.24) is 15.1 Å². The summed E-state index contributed by atoms with van der Waals surface area (Å²) in [6.45, 7) is 10.5. The summed E-state index contributed by atoms with van der Waals surface area (Å²) in [5, 5.41) is 4.12. The Morgan fingerprint density at radius 2 is 2.00 bits per heavy atom. The summed E-state index contributed by atoms with van der Waals surface area (Å²) >= 11 is 0. The van der Waals surface area contributed by atoms with Crippen LogP contribution in [0.4, 0.5) is 5.69 Å². The van der Waals surface area contributed by atoms with Crippen LogP contribution in [0.5, 0.6) is 0 Å². The molecule has 0 amide bonds. The van der Waals surface area contributed by atoms with Crippen molar-refractivity contribution in [1.29, 1.82) is 0 Å². The van der Waals surface area contributed by atoms with Crippen LogP contribution < -0.4 is 4.90 Å². The number of imidazole rings is 1. The first-order chi connectivity index (χ1) is 13.9. The molecule has 0 saturated heterocycles. The molecule has 5 nitrogen and oxygen atoms in total. The molecule has 0 saturated carbocycles. The third-order valence-electron chi connectivity index (χ3n) is 6.27. The zero-order chi connectivity index (χ0) is 20.7. The number of hydrogen-bond donors (Lipinski definition) is 1. The lowest BCUT2D eigenvalue weighted by atomic mass is 9.88. The van der Waals surface area contributed by atoms with Crippen molar-refractivity contribution in [2.45, 2.75) is 59.4 Å². The summed E-state index contributed by atoms with van der Waals surface area (Å²) in [6, 6.07) is 6.85. The Morgan fingerprint density at radius 3 is 2.66 bits per heavy atom. The molecule has 0 fully saturated rings. The number of aryl methyl sites for hydroxylation is 4. The number of fused-ring (bicyclic) bond motifs is 1. The minimum atomic E-state index is 0.202. The Hall–Kier alpha value is -2.82. The number of rotatable bonds is 5. The van der Waals surface area contributed by atoms with E-state index in [-0.39, 0.29) is 12.0 Å². The van der Waals surface area contributed by atoms with Crippen LogP contribution in [0.3, 0.4) is 0 Å². The monoisotopic (exact) mass is 390 g/mol. The van der Waals surface area contributed by atoms with Crippen molar-refractivity contribution in [2.75, 3.05) is 11.9 Å². The van der Waals surface area contributed by atoms with Gasteiger partial charge in [-0.05, 0) is 63.5 Å². The van der Waals surface area contributed by atoms with E-state index in [1.807, 2.05) is 13.8 Å². The van der Waals surface area contributed by atoms with Gasteiger partial charge >= 0.3 is 0 Å². The molecule has 29 heavy (non-hydrogen) atoms. The fourth-order valence-electron chi connectivity index (χ4n) is 4.38. The molecule has 2 atom stereocenters. The largest absolute Gasteiger partial charge is 0.364 e. The second-order valence-electron chi connectivity index (χ2n) is 8.20. The Bertz CT molecular complexity index is 1040. The molecule has 4 rings (SSSR count).